The molecule has 1 aliphatic carbocycles. The Morgan fingerprint density at radius 3 is 2.31 bits per heavy atom. The number of halogens is 2. The van der Waals surface area contributed by atoms with E-state index in [-0.39, 0.29) is 36.8 Å². The lowest BCUT2D eigenvalue weighted by atomic mass is 9.91. The number of ether oxygens (including phenoxy) is 2. The van der Waals surface area contributed by atoms with Gasteiger partial charge in [0.1, 0.15) is 11.6 Å². The van der Waals surface area contributed by atoms with E-state index in [1.54, 1.807) is 36.5 Å². The van der Waals surface area contributed by atoms with Crippen LogP contribution in [-0.4, -0.2) is 45.1 Å². The van der Waals surface area contributed by atoms with Crippen LogP contribution in [0.3, 0.4) is 0 Å². The van der Waals surface area contributed by atoms with Crippen LogP contribution in [0.2, 0.25) is 0 Å². The third-order valence-corrected chi connectivity index (χ3v) is 6.64. The van der Waals surface area contributed by atoms with Crippen molar-refractivity contribution in [2.75, 3.05) is 18.5 Å². The maximum atomic E-state index is 13.7. The molecule has 2 aromatic carbocycles. The molecule has 9 nitrogen and oxygen atoms in total. The van der Waals surface area contributed by atoms with Crippen molar-refractivity contribution < 1.29 is 23.0 Å². The number of hydrogen-bond acceptors (Lipinski definition) is 7. The minimum atomic E-state index is -0.835. The average Bonchev–Trinajstić information content (AvgIpc) is 3.65. The van der Waals surface area contributed by atoms with Gasteiger partial charge in [-0.05, 0) is 74.4 Å². The third kappa shape index (κ3) is 5.50. The fraction of sp³-hybridized carbons (Fsp3) is 0.286. The van der Waals surface area contributed by atoms with E-state index in [0.29, 0.717) is 40.1 Å². The van der Waals surface area contributed by atoms with Gasteiger partial charge in [-0.25, -0.2) is 23.7 Å². The molecular formula is C28H26F2N6O3. The molecule has 2 aliphatic rings. The van der Waals surface area contributed by atoms with Crippen LogP contribution in [0.15, 0.2) is 60.8 Å². The summed E-state index contributed by atoms with van der Waals surface area (Å²) in [5.74, 6) is -0.118. The molecule has 4 aromatic rings. The van der Waals surface area contributed by atoms with Gasteiger partial charge in [-0.1, -0.05) is 0 Å². The van der Waals surface area contributed by atoms with Gasteiger partial charge < -0.3 is 25.1 Å². The quantitative estimate of drug-likeness (QED) is 0.311. The number of anilines is 2. The zero-order chi connectivity index (χ0) is 27.0. The van der Waals surface area contributed by atoms with E-state index in [1.807, 2.05) is 6.92 Å². The van der Waals surface area contributed by atoms with E-state index in [2.05, 4.69) is 25.6 Å². The molecule has 0 radical (unpaired) electrons. The molecule has 11 heteroatoms. The number of H-pyrrole nitrogens is 1. The Hall–Kier alpha value is -4.22. The number of carbonyl (C=O) groups is 1. The lowest BCUT2D eigenvalue weighted by Crippen LogP contribution is -2.49. The van der Waals surface area contributed by atoms with Crippen LogP contribution >= 0.6 is 0 Å². The lowest BCUT2D eigenvalue weighted by molar-refractivity contribution is -0.231. The molecule has 6 rings (SSSR count). The highest BCUT2D eigenvalue weighted by molar-refractivity contribution is 5.83. The highest BCUT2D eigenvalue weighted by atomic mass is 19.1. The molecule has 1 saturated carbocycles. The zero-order valence-corrected chi connectivity index (χ0v) is 21.1. The number of nitrogens with zero attached hydrogens (tertiary/aromatic N) is 3. The summed E-state index contributed by atoms with van der Waals surface area (Å²) in [7, 11) is 0. The van der Waals surface area contributed by atoms with Crippen molar-refractivity contribution in [2.45, 2.75) is 32.1 Å². The van der Waals surface area contributed by atoms with Crippen LogP contribution in [-0.2, 0) is 14.3 Å². The predicted octanol–water partition coefficient (Wildman–Crippen LogP) is 4.89. The summed E-state index contributed by atoms with van der Waals surface area (Å²) in [5, 5.41) is 6.07. The molecule has 3 heterocycles. The van der Waals surface area contributed by atoms with Crippen molar-refractivity contribution in [1.82, 2.24) is 25.3 Å². The van der Waals surface area contributed by atoms with Gasteiger partial charge in [-0.3, -0.25) is 4.79 Å². The summed E-state index contributed by atoms with van der Waals surface area (Å²) in [4.78, 5) is 29.5. The first-order chi connectivity index (χ1) is 18.9. The van der Waals surface area contributed by atoms with Gasteiger partial charge >= 0.3 is 0 Å². The molecule has 1 amide bonds. The van der Waals surface area contributed by atoms with E-state index in [4.69, 9.17) is 14.5 Å². The van der Waals surface area contributed by atoms with Gasteiger partial charge in [0.2, 0.25) is 18.1 Å². The number of imidazole rings is 1. The molecule has 0 spiro atoms. The molecule has 39 heavy (non-hydrogen) atoms. The maximum Gasteiger partial charge on any atom is 0.230 e. The van der Waals surface area contributed by atoms with E-state index >= 15 is 0 Å². The SMILES string of the molecule is CC1(C(=O)NC2CC2)COC(c2nc(-c3ccc(F)cc3)c(-c3ccnc(Nc4ccc(F)cc4)n3)[nH]2)OC1. The molecule has 2 aromatic heterocycles. The number of carbonyl (C=O) groups excluding carboxylic acids is 1. The van der Waals surface area contributed by atoms with E-state index < -0.39 is 11.7 Å². The smallest absolute Gasteiger partial charge is 0.230 e. The first kappa shape index (κ1) is 25.1. The zero-order valence-electron chi connectivity index (χ0n) is 21.1. The minimum absolute atomic E-state index is 0.0854. The largest absolute Gasteiger partial charge is 0.353 e. The second kappa shape index (κ2) is 10.2. The van der Waals surface area contributed by atoms with Gasteiger partial charge in [0, 0.05) is 23.5 Å². The Bertz CT molecular complexity index is 1480. The van der Waals surface area contributed by atoms with Crippen molar-refractivity contribution >= 4 is 17.5 Å². The van der Waals surface area contributed by atoms with Crippen LogP contribution in [0, 0.1) is 17.0 Å². The number of nitrogens with one attached hydrogen (secondary N) is 3. The summed E-state index contributed by atoms with van der Waals surface area (Å²) in [6.45, 7) is 2.14. The Labute approximate surface area is 223 Å². The molecule has 1 saturated heterocycles. The topological polar surface area (TPSA) is 114 Å². The van der Waals surface area contributed by atoms with E-state index in [0.717, 1.165) is 12.8 Å². The van der Waals surface area contributed by atoms with Gasteiger partial charge in [0.15, 0.2) is 5.82 Å². The van der Waals surface area contributed by atoms with Crippen LogP contribution < -0.4 is 10.6 Å². The van der Waals surface area contributed by atoms with Crippen molar-refractivity contribution in [2.24, 2.45) is 5.41 Å². The molecule has 1 aliphatic heterocycles. The highest BCUT2D eigenvalue weighted by Gasteiger charge is 2.42. The number of rotatable bonds is 7. The first-order valence-corrected chi connectivity index (χ1v) is 12.6. The first-order valence-electron chi connectivity index (χ1n) is 12.6. The monoisotopic (exact) mass is 532 g/mol. The normalized spacial score (nSPS) is 20.9. The molecule has 200 valence electrons. The van der Waals surface area contributed by atoms with E-state index in [9.17, 15) is 13.6 Å². The van der Waals surface area contributed by atoms with E-state index in [1.165, 1.54) is 24.3 Å². The lowest BCUT2D eigenvalue weighted by Gasteiger charge is -2.35. The molecule has 0 unspecified atom stereocenters. The van der Waals surface area contributed by atoms with Crippen molar-refractivity contribution in [3.05, 3.63) is 78.3 Å². The Balaban J connectivity index is 1.28. The Morgan fingerprint density at radius 1 is 0.974 bits per heavy atom. The fourth-order valence-corrected chi connectivity index (χ4v) is 4.21. The van der Waals surface area contributed by atoms with Crippen molar-refractivity contribution in [1.29, 1.82) is 0 Å². The van der Waals surface area contributed by atoms with Crippen LogP contribution in [0.4, 0.5) is 20.4 Å². The van der Waals surface area contributed by atoms with Gasteiger partial charge in [-0.15, -0.1) is 0 Å². The third-order valence-electron chi connectivity index (χ3n) is 6.64. The maximum absolute atomic E-state index is 13.7. The highest BCUT2D eigenvalue weighted by Crippen LogP contribution is 2.36. The second-order valence-corrected chi connectivity index (χ2v) is 10.0. The summed E-state index contributed by atoms with van der Waals surface area (Å²) < 4.78 is 38.9. The molecule has 3 N–H and O–H groups in total. The Kier molecular flexibility index (Phi) is 6.53. The molecule has 2 fully saturated rings. The number of benzene rings is 2. The van der Waals surface area contributed by atoms with Crippen LogP contribution in [0.25, 0.3) is 22.6 Å². The van der Waals surface area contributed by atoms with Crippen LogP contribution in [0.5, 0.6) is 0 Å². The van der Waals surface area contributed by atoms with Crippen molar-refractivity contribution in [3.8, 4) is 22.6 Å². The molecule has 0 atom stereocenters. The van der Waals surface area contributed by atoms with Gasteiger partial charge in [0.05, 0.1) is 35.7 Å². The van der Waals surface area contributed by atoms with Crippen LogP contribution in [0.1, 0.15) is 31.9 Å². The molecule has 0 bridgehead atoms. The number of hydrogen-bond donors (Lipinski definition) is 3. The summed E-state index contributed by atoms with van der Waals surface area (Å²) in [6.07, 6.45) is 2.74. The second-order valence-electron chi connectivity index (χ2n) is 10.0. The fourth-order valence-electron chi connectivity index (χ4n) is 4.21. The summed E-state index contributed by atoms with van der Waals surface area (Å²) in [5.41, 5.74) is 2.05. The molecular weight excluding hydrogens is 506 g/mol. The van der Waals surface area contributed by atoms with Crippen molar-refractivity contribution in [3.63, 3.8) is 0 Å². The standard InChI is InChI=1S/C28H26F2N6O3/c1-28(26(37)32-19-10-11-19)14-38-25(39-15-28)24-35-22(16-2-4-17(29)5-3-16)23(36-24)21-12-13-31-27(34-21)33-20-8-6-18(30)7-9-20/h2-9,12-13,19,25H,10-11,14-15H2,1H3,(H,32,37)(H,35,36)(H,31,33,34). The summed E-state index contributed by atoms with van der Waals surface area (Å²) in [6, 6.07) is 13.8. The van der Waals surface area contributed by atoms with Gasteiger partial charge in [0.25, 0.3) is 0 Å². The average molecular weight is 533 g/mol. The Morgan fingerprint density at radius 2 is 1.64 bits per heavy atom. The van der Waals surface area contributed by atoms with Gasteiger partial charge in [-0.2, -0.15) is 0 Å². The minimum Gasteiger partial charge on any atom is -0.353 e. The number of aromatic amines is 1. The number of aromatic nitrogens is 4. The number of amides is 1. The predicted molar refractivity (Wildman–Crippen MR) is 139 cm³/mol. The summed E-state index contributed by atoms with van der Waals surface area (Å²) >= 11 is 0.